The molecule has 2 aliphatic rings. The monoisotopic (exact) mass is 419 g/mol. The number of hydrogen-bond donors (Lipinski definition) is 1. The van der Waals surface area contributed by atoms with Crippen LogP contribution in [0.15, 0.2) is 48.5 Å². The summed E-state index contributed by atoms with van der Waals surface area (Å²) in [4.78, 5) is 62.8. The summed E-state index contributed by atoms with van der Waals surface area (Å²) < 4.78 is 0. The fourth-order valence-corrected chi connectivity index (χ4v) is 3.74. The first-order chi connectivity index (χ1) is 15.0. The number of nitrogens with zero attached hydrogens (tertiary/aromatic N) is 2. The first-order valence-electron chi connectivity index (χ1n) is 10.1. The molecule has 8 heteroatoms. The Hall–Kier alpha value is -3.81. The van der Waals surface area contributed by atoms with Gasteiger partial charge in [0.15, 0.2) is 0 Å². The average Bonchev–Trinajstić information content (AvgIpc) is 3.23. The van der Waals surface area contributed by atoms with Crippen molar-refractivity contribution in [3.63, 3.8) is 0 Å². The van der Waals surface area contributed by atoms with E-state index >= 15 is 0 Å². The van der Waals surface area contributed by atoms with E-state index in [1.54, 1.807) is 48.5 Å². The van der Waals surface area contributed by atoms with Crippen molar-refractivity contribution >= 4 is 29.5 Å². The van der Waals surface area contributed by atoms with Gasteiger partial charge in [0, 0.05) is 31.5 Å². The van der Waals surface area contributed by atoms with Crippen LogP contribution in [0.3, 0.4) is 0 Å². The summed E-state index contributed by atoms with van der Waals surface area (Å²) in [5.74, 6) is -1.24. The Labute approximate surface area is 178 Å². The highest BCUT2D eigenvalue weighted by Gasteiger charge is 2.35. The average molecular weight is 419 g/mol. The van der Waals surface area contributed by atoms with Crippen molar-refractivity contribution in [2.75, 3.05) is 13.1 Å². The first-order valence-corrected chi connectivity index (χ1v) is 10.1. The number of likely N-dealkylation sites (tertiary alicyclic amines) is 1. The van der Waals surface area contributed by atoms with Gasteiger partial charge in [0.25, 0.3) is 17.7 Å². The normalized spacial score (nSPS) is 15.6. The summed E-state index contributed by atoms with van der Waals surface area (Å²) in [6.07, 6.45) is 1.01. The van der Waals surface area contributed by atoms with Gasteiger partial charge in [-0.25, -0.2) is 0 Å². The van der Waals surface area contributed by atoms with E-state index in [-0.39, 0.29) is 48.9 Å². The summed E-state index contributed by atoms with van der Waals surface area (Å²) >= 11 is 0. The zero-order chi connectivity index (χ0) is 22.0. The zero-order valence-corrected chi connectivity index (χ0v) is 16.8. The minimum atomic E-state index is -0.322. The van der Waals surface area contributed by atoms with Crippen LogP contribution >= 0.6 is 0 Å². The molecule has 5 amide bonds. The molecule has 1 N–H and O–H groups in total. The molecule has 0 unspecified atom stereocenters. The SMILES string of the molecule is O=C(NCCCN1C(=O)CCC1=O)c1ccc(CN2C(=O)c3ccccc3C2=O)cc1. The second kappa shape index (κ2) is 8.51. The zero-order valence-electron chi connectivity index (χ0n) is 16.8. The highest BCUT2D eigenvalue weighted by atomic mass is 16.2. The van der Waals surface area contributed by atoms with Crippen LogP contribution in [0.25, 0.3) is 0 Å². The maximum Gasteiger partial charge on any atom is 0.261 e. The Kier molecular flexibility index (Phi) is 5.62. The molecule has 158 valence electrons. The van der Waals surface area contributed by atoms with E-state index in [2.05, 4.69) is 5.32 Å². The van der Waals surface area contributed by atoms with E-state index in [0.29, 0.717) is 36.2 Å². The minimum absolute atomic E-state index is 0.131. The number of carbonyl (C=O) groups excluding carboxylic acids is 5. The lowest BCUT2D eigenvalue weighted by atomic mass is 10.1. The smallest absolute Gasteiger partial charge is 0.261 e. The van der Waals surface area contributed by atoms with Crippen LogP contribution in [0.2, 0.25) is 0 Å². The summed E-state index contributed by atoms with van der Waals surface area (Å²) in [6, 6.07) is 13.4. The number of fused-ring (bicyclic) bond motifs is 1. The number of carbonyl (C=O) groups is 5. The highest BCUT2D eigenvalue weighted by Crippen LogP contribution is 2.24. The standard InChI is InChI=1S/C23H21N3O5/c27-19-10-11-20(28)25(19)13-3-12-24-21(29)16-8-6-15(7-9-16)14-26-22(30)17-4-1-2-5-18(17)23(26)31/h1-2,4-9H,3,10-14H2,(H,24,29). The van der Waals surface area contributed by atoms with E-state index in [1.807, 2.05) is 0 Å². The van der Waals surface area contributed by atoms with E-state index in [4.69, 9.17) is 0 Å². The van der Waals surface area contributed by atoms with E-state index < -0.39 is 0 Å². The molecule has 1 saturated heterocycles. The number of hydrogen-bond acceptors (Lipinski definition) is 5. The van der Waals surface area contributed by atoms with Gasteiger partial charge in [-0.2, -0.15) is 0 Å². The van der Waals surface area contributed by atoms with Crippen LogP contribution in [-0.4, -0.2) is 52.4 Å². The topological polar surface area (TPSA) is 104 Å². The van der Waals surface area contributed by atoms with Crippen molar-refractivity contribution in [3.8, 4) is 0 Å². The van der Waals surface area contributed by atoms with Gasteiger partial charge in [-0.3, -0.25) is 33.8 Å². The van der Waals surface area contributed by atoms with Gasteiger partial charge >= 0.3 is 0 Å². The van der Waals surface area contributed by atoms with Gasteiger partial charge < -0.3 is 5.32 Å². The lowest BCUT2D eigenvalue weighted by molar-refractivity contribution is -0.138. The van der Waals surface area contributed by atoms with Crippen molar-refractivity contribution in [1.29, 1.82) is 0 Å². The molecule has 2 aromatic rings. The number of nitrogens with one attached hydrogen (secondary N) is 1. The molecular weight excluding hydrogens is 398 g/mol. The molecular formula is C23H21N3O5. The van der Waals surface area contributed by atoms with Gasteiger partial charge in [-0.15, -0.1) is 0 Å². The second-order valence-electron chi connectivity index (χ2n) is 7.49. The molecule has 0 aromatic heterocycles. The Morgan fingerprint density at radius 3 is 1.97 bits per heavy atom. The molecule has 1 fully saturated rings. The summed E-state index contributed by atoms with van der Waals surface area (Å²) in [5.41, 5.74) is 1.98. The molecule has 0 bridgehead atoms. The predicted octanol–water partition coefficient (Wildman–Crippen LogP) is 1.75. The van der Waals surface area contributed by atoms with Gasteiger partial charge in [-0.1, -0.05) is 24.3 Å². The van der Waals surface area contributed by atoms with Crippen LogP contribution in [-0.2, 0) is 16.1 Å². The molecule has 0 saturated carbocycles. The Balaban J connectivity index is 1.29. The number of benzene rings is 2. The van der Waals surface area contributed by atoms with Crippen LogP contribution in [0.4, 0.5) is 0 Å². The largest absolute Gasteiger partial charge is 0.352 e. The Morgan fingerprint density at radius 1 is 0.806 bits per heavy atom. The van der Waals surface area contributed by atoms with Crippen molar-refractivity contribution < 1.29 is 24.0 Å². The third-order valence-electron chi connectivity index (χ3n) is 5.43. The highest BCUT2D eigenvalue weighted by molar-refractivity contribution is 6.21. The molecule has 2 heterocycles. The molecule has 4 rings (SSSR count). The van der Waals surface area contributed by atoms with E-state index in [1.165, 1.54) is 9.80 Å². The molecule has 0 atom stereocenters. The summed E-state index contributed by atoms with van der Waals surface area (Å²) in [7, 11) is 0. The Morgan fingerprint density at radius 2 is 1.39 bits per heavy atom. The van der Waals surface area contributed by atoms with Crippen LogP contribution in [0.1, 0.15) is 55.9 Å². The predicted molar refractivity (Wildman–Crippen MR) is 110 cm³/mol. The molecule has 2 aromatic carbocycles. The third-order valence-corrected chi connectivity index (χ3v) is 5.43. The third kappa shape index (κ3) is 4.09. The van der Waals surface area contributed by atoms with Gasteiger partial charge in [0.2, 0.25) is 11.8 Å². The molecule has 31 heavy (non-hydrogen) atoms. The number of imide groups is 2. The fraction of sp³-hybridized carbons (Fsp3) is 0.261. The number of rotatable bonds is 7. The molecule has 0 aliphatic carbocycles. The molecule has 0 spiro atoms. The lowest BCUT2D eigenvalue weighted by Crippen LogP contribution is -2.33. The van der Waals surface area contributed by atoms with Gasteiger partial charge in [-0.05, 0) is 36.2 Å². The quantitative estimate of drug-likeness (QED) is 0.544. The van der Waals surface area contributed by atoms with Crippen molar-refractivity contribution in [1.82, 2.24) is 15.1 Å². The van der Waals surface area contributed by atoms with Crippen LogP contribution < -0.4 is 5.32 Å². The molecule has 2 aliphatic heterocycles. The maximum absolute atomic E-state index is 12.5. The van der Waals surface area contributed by atoms with E-state index in [0.717, 1.165) is 5.56 Å². The van der Waals surface area contributed by atoms with Crippen molar-refractivity contribution in [2.24, 2.45) is 0 Å². The summed E-state index contributed by atoms with van der Waals surface area (Å²) in [5, 5.41) is 2.76. The first kappa shape index (κ1) is 20.5. The lowest BCUT2D eigenvalue weighted by Gasteiger charge is -2.14. The fourth-order valence-electron chi connectivity index (χ4n) is 3.74. The van der Waals surface area contributed by atoms with Crippen LogP contribution in [0, 0.1) is 0 Å². The van der Waals surface area contributed by atoms with E-state index in [9.17, 15) is 24.0 Å². The molecule has 8 nitrogen and oxygen atoms in total. The second-order valence-corrected chi connectivity index (χ2v) is 7.49. The number of amides is 5. The minimum Gasteiger partial charge on any atom is -0.352 e. The summed E-state index contributed by atoms with van der Waals surface area (Å²) in [6.45, 7) is 0.774. The van der Waals surface area contributed by atoms with Gasteiger partial charge in [0.1, 0.15) is 0 Å². The van der Waals surface area contributed by atoms with Crippen molar-refractivity contribution in [2.45, 2.75) is 25.8 Å². The molecule has 0 radical (unpaired) electrons. The maximum atomic E-state index is 12.5. The van der Waals surface area contributed by atoms with Gasteiger partial charge in [0.05, 0.1) is 17.7 Å². The van der Waals surface area contributed by atoms with Crippen LogP contribution in [0.5, 0.6) is 0 Å². The van der Waals surface area contributed by atoms with Crippen molar-refractivity contribution in [3.05, 3.63) is 70.8 Å². The Bertz CT molecular complexity index is 1030.